The predicted octanol–water partition coefficient (Wildman–Crippen LogP) is 0.716. The predicted molar refractivity (Wildman–Crippen MR) is 44.2 cm³/mol. The van der Waals surface area contributed by atoms with E-state index < -0.39 is 23.0 Å². The molecule has 0 unspecified atom stereocenters. The van der Waals surface area contributed by atoms with Crippen LogP contribution < -0.4 is 5.46 Å². The summed E-state index contributed by atoms with van der Waals surface area (Å²) in [5.41, 5.74) is -1.20. The van der Waals surface area contributed by atoms with Crippen LogP contribution in [0.15, 0.2) is 17.3 Å². The molecule has 1 aromatic rings. The number of hydrogen-bond donors (Lipinski definition) is 1. The van der Waals surface area contributed by atoms with Crippen LogP contribution in [0.1, 0.15) is 10.4 Å². The average Bonchev–Trinajstić information content (AvgIpc) is 2.08. The summed E-state index contributed by atoms with van der Waals surface area (Å²) in [6.45, 7) is 0. The molecule has 4 nitrogen and oxygen atoms in total. The van der Waals surface area contributed by atoms with Gasteiger partial charge in [-0.05, 0) is 11.2 Å². The van der Waals surface area contributed by atoms with E-state index in [1.807, 2.05) is 0 Å². The maximum absolute atomic E-state index is 12.6. The largest absolute Gasteiger partial charge is 0.478 e. The summed E-state index contributed by atoms with van der Waals surface area (Å²) < 4.78 is 12.6. The molecule has 0 heterocycles. The van der Waals surface area contributed by atoms with Crippen LogP contribution in [0.25, 0.3) is 0 Å². The van der Waals surface area contributed by atoms with Gasteiger partial charge in [-0.15, -0.1) is 4.91 Å². The van der Waals surface area contributed by atoms with Crippen LogP contribution in [0, 0.1) is 10.7 Å². The first-order chi connectivity index (χ1) is 6.06. The van der Waals surface area contributed by atoms with Crippen molar-refractivity contribution < 1.29 is 14.3 Å². The van der Waals surface area contributed by atoms with Crippen molar-refractivity contribution in [3.8, 4) is 0 Å². The number of benzene rings is 1. The Bertz CT molecular complexity index is 380. The van der Waals surface area contributed by atoms with E-state index in [-0.39, 0.29) is 5.46 Å². The topological polar surface area (TPSA) is 66.7 Å². The van der Waals surface area contributed by atoms with Gasteiger partial charge in [0.15, 0.2) is 0 Å². The molecule has 6 heteroatoms. The SMILES string of the molecule is [B]c1c(N=O)cc(F)cc1C(=O)O. The monoisotopic (exact) mass is 179 g/mol. The lowest BCUT2D eigenvalue weighted by Gasteiger charge is -2.02. The molecule has 0 saturated carbocycles. The van der Waals surface area contributed by atoms with Gasteiger partial charge < -0.3 is 5.11 Å². The smallest absolute Gasteiger partial charge is 0.335 e. The molecule has 0 fully saturated rings. The molecule has 0 amide bonds. The molecule has 0 atom stereocenters. The highest BCUT2D eigenvalue weighted by atomic mass is 19.1. The molecule has 1 rings (SSSR count). The van der Waals surface area contributed by atoms with Crippen LogP contribution in [-0.4, -0.2) is 18.9 Å². The van der Waals surface area contributed by atoms with Crippen LogP contribution >= 0.6 is 0 Å². The first-order valence-electron chi connectivity index (χ1n) is 3.22. The van der Waals surface area contributed by atoms with Crippen LogP contribution in [0.5, 0.6) is 0 Å². The van der Waals surface area contributed by atoms with Gasteiger partial charge in [0.05, 0.1) is 5.56 Å². The maximum atomic E-state index is 12.6. The Morgan fingerprint density at radius 3 is 2.62 bits per heavy atom. The highest BCUT2D eigenvalue weighted by Crippen LogP contribution is 2.12. The summed E-state index contributed by atoms with van der Waals surface area (Å²) in [4.78, 5) is 20.5. The second kappa shape index (κ2) is 3.34. The molecule has 13 heavy (non-hydrogen) atoms. The highest BCUT2D eigenvalue weighted by Gasteiger charge is 2.12. The van der Waals surface area contributed by atoms with Crippen molar-refractivity contribution in [2.75, 3.05) is 0 Å². The van der Waals surface area contributed by atoms with E-state index in [4.69, 9.17) is 13.0 Å². The third-order valence-corrected chi connectivity index (χ3v) is 1.45. The lowest BCUT2D eigenvalue weighted by Crippen LogP contribution is -2.16. The Labute approximate surface area is 73.8 Å². The average molecular weight is 179 g/mol. The summed E-state index contributed by atoms with van der Waals surface area (Å²) >= 11 is 0. The third kappa shape index (κ3) is 1.72. The molecule has 0 bridgehead atoms. The number of nitrogens with zero attached hydrogens (tertiary/aromatic N) is 1. The number of carboxylic acids is 1. The fourth-order valence-electron chi connectivity index (χ4n) is 0.856. The molecule has 0 spiro atoms. The lowest BCUT2D eigenvalue weighted by molar-refractivity contribution is 0.0698. The number of carboxylic acid groups (broad SMARTS) is 1. The van der Waals surface area contributed by atoms with Gasteiger partial charge in [-0.3, -0.25) is 0 Å². The van der Waals surface area contributed by atoms with Gasteiger partial charge in [-0.1, -0.05) is 5.46 Å². The normalized spacial score (nSPS) is 9.62. The fraction of sp³-hybridized carbons (Fsp3) is 0. The molecule has 1 N–H and O–H groups in total. The Kier molecular flexibility index (Phi) is 2.41. The molecule has 0 aliphatic rings. The quantitative estimate of drug-likeness (QED) is 0.536. The van der Waals surface area contributed by atoms with Crippen LogP contribution in [0.4, 0.5) is 10.1 Å². The standard InChI is InChI=1S/C7H3BFNO3/c8-6-4(7(11)12)1-3(9)2-5(6)10-13/h1-2H,(H,11,12). The van der Waals surface area contributed by atoms with Gasteiger partial charge in [-0.25, -0.2) is 9.18 Å². The molecule has 1 aromatic carbocycles. The second-order valence-electron chi connectivity index (χ2n) is 2.28. The molecule has 0 aliphatic carbocycles. The van der Waals surface area contributed by atoms with Crippen molar-refractivity contribution in [1.82, 2.24) is 0 Å². The summed E-state index contributed by atoms with van der Waals surface area (Å²) in [5, 5.41) is 10.9. The van der Waals surface area contributed by atoms with Crippen molar-refractivity contribution >= 4 is 25.0 Å². The Morgan fingerprint density at radius 2 is 2.15 bits per heavy atom. The van der Waals surface area contributed by atoms with E-state index >= 15 is 0 Å². The molecule has 0 saturated heterocycles. The first-order valence-corrected chi connectivity index (χ1v) is 3.22. The molecule has 64 valence electrons. The Hall–Kier alpha value is -1.72. The zero-order valence-electron chi connectivity index (χ0n) is 6.32. The maximum Gasteiger partial charge on any atom is 0.335 e. The minimum absolute atomic E-state index is 0.330. The Morgan fingerprint density at radius 1 is 1.54 bits per heavy atom. The van der Waals surface area contributed by atoms with Crippen LogP contribution in [0.3, 0.4) is 0 Å². The summed E-state index contributed by atoms with van der Waals surface area (Å²) in [7, 11) is 5.22. The van der Waals surface area contributed by atoms with Gasteiger partial charge in [0, 0.05) is 6.07 Å². The van der Waals surface area contributed by atoms with E-state index in [9.17, 15) is 14.1 Å². The Balaban J connectivity index is 3.44. The zero-order valence-corrected chi connectivity index (χ0v) is 6.32. The molecule has 0 aliphatic heterocycles. The molecular formula is C7H3BFNO3. The van der Waals surface area contributed by atoms with Crippen LogP contribution in [-0.2, 0) is 0 Å². The minimum atomic E-state index is -1.40. The van der Waals surface area contributed by atoms with Crippen molar-refractivity contribution in [2.24, 2.45) is 5.18 Å². The number of hydrogen-bond acceptors (Lipinski definition) is 3. The third-order valence-electron chi connectivity index (χ3n) is 1.45. The van der Waals surface area contributed by atoms with Crippen molar-refractivity contribution in [3.05, 3.63) is 28.4 Å². The van der Waals surface area contributed by atoms with Gasteiger partial charge in [0.2, 0.25) is 0 Å². The van der Waals surface area contributed by atoms with Gasteiger partial charge in [0.25, 0.3) is 0 Å². The lowest BCUT2D eigenvalue weighted by atomic mass is 9.88. The minimum Gasteiger partial charge on any atom is -0.478 e. The van der Waals surface area contributed by atoms with Crippen molar-refractivity contribution in [1.29, 1.82) is 0 Å². The van der Waals surface area contributed by atoms with Gasteiger partial charge in [0.1, 0.15) is 19.4 Å². The number of nitroso groups, excluding NO2 is 1. The second-order valence-corrected chi connectivity index (χ2v) is 2.28. The number of halogens is 1. The van der Waals surface area contributed by atoms with Crippen LogP contribution in [0.2, 0.25) is 0 Å². The number of carbonyl (C=O) groups is 1. The zero-order chi connectivity index (χ0) is 10.0. The van der Waals surface area contributed by atoms with E-state index in [0.29, 0.717) is 0 Å². The van der Waals surface area contributed by atoms with Crippen molar-refractivity contribution in [2.45, 2.75) is 0 Å². The van der Waals surface area contributed by atoms with E-state index in [1.165, 1.54) is 0 Å². The fourth-order valence-corrected chi connectivity index (χ4v) is 0.856. The molecular weight excluding hydrogens is 176 g/mol. The molecule has 2 radical (unpaired) electrons. The van der Waals surface area contributed by atoms with E-state index in [2.05, 4.69) is 5.18 Å². The molecule has 0 aromatic heterocycles. The van der Waals surface area contributed by atoms with Crippen molar-refractivity contribution in [3.63, 3.8) is 0 Å². The summed E-state index contributed by atoms with van der Waals surface area (Å²) in [5.74, 6) is -2.26. The van der Waals surface area contributed by atoms with Gasteiger partial charge >= 0.3 is 5.97 Å². The van der Waals surface area contributed by atoms with E-state index in [0.717, 1.165) is 12.1 Å². The van der Waals surface area contributed by atoms with E-state index in [1.54, 1.807) is 0 Å². The summed E-state index contributed by atoms with van der Waals surface area (Å²) in [6.07, 6.45) is 0. The number of rotatable bonds is 2. The number of aromatic carboxylic acids is 1. The highest BCUT2D eigenvalue weighted by molar-refractivity contribution is 6.39. The summed E-state index contributed by atoms with van der Waals surface area (Å²) in [6, 6.07) is 1.50. The van der Waals surface area contributed by atoms with Gasteiger partial charge in [-0.2, -0.15) is 0 Å². The first kappa shape index (κ1) is 9.37.